The first-order valence-corrected chi connectivity index (χ1v) is 11.8. The van der Waals surface area contributed by atoms with Gasteiger partial charge in [-0.2, -0.15) is 5.10 Å². The molecule has 0 bridgehead atoms. The highest BCUT2D eigenvalue weighted by Crippen LogP contribution is 2.32. The summed E-state index contributed by atoms with van der Waals surface area (Å²) in [5.74, 6) is 0.455. The first-order chi connectivity index (χ1) is 15.7. The Hall–Kier alpha value is -2.99. The number of carbonyl (C=O) groups excluding carboxylic acids is 1. The first kappa shape index (κ1) is 20.9. The topological polar surface area (TPSA) is 69.3 Å². The second kappa shape index (κ2) is 9.25. The molecule has 0 saturated carbocycles. The van der Waals surface area contributed by atoms with Crippen molar-refractivity contribution in [1.29, 1.82) is 0 Å². The molecule has 32 heavy (non-hydrogen) atoms. The molecule has 2 aromatic carbocycles. The summed E-state index contributed by atoms with van der Waals surface area (Å²) in [6.45, 7) is 3.96. The van der Waals surface area contributed by atoms with Crippen molar-refractivity contribution in [3.8, 4) is 0 Å². The number of likely N-dealkylation sites (tertiary alicyclic amines) is 2. The summed E-state index contributed by atoms with van der Waals surface area (Å²) >= 11 is 0. The number of nitrogens with zero attached hydrogens (tertiary/aromatic N) is 3. The highest BCUT2D eigenvalue weighted by Gasteiger charge is 2.39. The number of carbonyl (C=O) groups is 1. The molecule has 6 nitrogen and oxygen atoms in total. The van der Waals surface area contributed by atoms with Crippen LogP contribution in [0.1, 0.15) is 41.7 Å². The van der Waals surface area contributed by atoms with Crippen LogP contribution in [0.15, 0.2) is 59.4 Å². The van der Waals surface area contributed by atoms with E-state index in [4.69, 9.17) is 0 Å². The van der Waals surface area contributed by atoms with Gasteiger partial charge in [-0.05, 0) is 56.2 Å². The summed E-state index contributed by atoms with van der Waals surface area (Å²) in [6.07, 6.45) is 5.47. The van der Waals surface area contributed by atoms with E-state index in [-0.39, 0.29) is 17.5 Å². The van der Waals surface area contributed by atoms with Gasteiger partial charge in [0.2, 0.25) is 0 Å². The molecule has 0 spiro atoms. The Bertz CT molecular complexity index is 1140. The van der Waals surface area contributed by atoms with E-state index in [1.165, 1.54) is 12.0 Å². The maximum atomic E-state index is 13.5. The summed E-state index contributed by atoms with van der Waals surface area (Å²) in [7, 11) is 0. The van der Waals surface area contributed by atoms with Gasteiger partial charge in [0, 0.05) is 31.1 Å². The van der Waals surface area contributed by atoms with Crippen LogP contribution in [0.25, 0.3) is 10.8 Å². The zero-order chi connectivity index (χ0) is 21.9. The summed E-state index contributed by atoms with van der Waals surface area (Å²) in [5.41, 5.74) is 1.51. The molecule has 0 unspecified atom stereocenters. The first-order valence-electron chi connectivity index (χ1n) is 11.8. The summed E-state index contributed by atoms with van der Waals surface area (Å²) in [4.78, 5) is 30.2. The second-order valence-corrected chi connectivity index (χ2v) is 9.09. The van der Waals surface area contributed by atoms with E-state index in [1.807, 2.05) is 23.1 Å². The molecule has 1 amide bonds. The molecule has 2 saturated heterocycles. The lowest BCUT2D eigenvalue weighted by atomic mass is 9.83. The van der Waals surface area contributed by atoms with Crippen LogP contribution in [-0.2, 0) is 6.42 Å². The number of H-pyrrole nitrogens is 1. The molecule has 0 radical (unpaired) electrons. The standard InChI is InChI=1S/C26H30N4O2/c31-25-22-13-5-4-12-21(22)24(27-28-25)26(32)30-16-7-11-20-18-29(17-14-23(20)30)15-6-10-19-8-2-1-3-9-19/h1-5,8-9,12-13,20,23H,6-7,10-11,14-18H2,(H,28,31)/t20-,23+/m1/s1. The summed E-state index contributed by atoms with van der Waals surface area (Å²) < 4.78 is 0. The number of hydrogen-bond acceptors (Lipinski definition) is 4. The average molecular weight is 431 g/mol. The average Bonchev–Trinajstić information content (AvgIpc) is 2.84. The highest BCUT2D eigenvalue weighted by atomic mass is 16.2. The van der Waals surface area contributed by atoms with Crippen LogP contribution in [0, 0.1) is 5.92 Å². The van der Waals surface area contributed by atoms with Crippen molar-refractivity contribution in [2.24, 2.45) is 5.92 Å². The molecule has 3 aromatic rings. The molecule has 5 rings (SSSR count). The smallest absolute Gasteiger partial charge is 0.275 e. The van der Waals surface area contributed by atoms with Gasteiger partial charge >= 0.3 is 0 Å². The van der Waals surface area contributed by atoms with Crippen molar-refractivity contribution in [3.05, 3.63) is 76.2 Å². The van der Waals surface area contributed by atoms with Gasteiger partial charge in [0.05, 0.1) is 5.39 Å². The van der Waals surface area contributed by atoms with Crippen molar-refractivity contribution in [2.45, 2.75) is 38.1 Å². The third-order valence-corrected chi connectivity index (χ3v) is 7.09. The van der Waals surface area contributed by atoms with Crippen LogP contribution in [0.5, 0.6) is 0 Å². The van der Waals surface area contributed by atoms with Gasteiger partial charge in [-0.25, -0.2) is 5.10 Å². The molecule has 1 aromatic heterocycles. The summed E-state index contributed by atoms with van der Waals surface area (Å²) in [5, 5.41) is 7.84. The number of hydrogen-bond donors (Lipinski definition) is 1. The Kier molecular flexibility index (Phi) is 6.04. The van der Waals surface area contributed by atoms with E-state index in [2.05, 4.69) is 45.4 Å². The van der Waals surface area contributed by atoms with Crippen LogP contribution in [0.4, 0.5) is 0 Å². The Morgan fingerprint density at radius 1 is 1.00 bits per heavy atom. The quantitative estimate of drug-likeness (QED) is 0.673. The SMILES string of the molecule is O=C(c1n[nH]c(=O)c2ccccc12)N1CCC[C@@H]2CN(CCCc3ccccc3)CC[C@@H]21. The Labute approximate surface area is 188 Å². The molecule has 2 aliphatic rings. The van der Waals surface area contributed by atoms with E-state index in [0.29, 0.717) is 22.4 Å². The lowest BCUT2D eigenvalue weighted by molar-refractivity contribution is 0.0197. The fourth-order valence-corrected chi connectivity index (χ4v) is 5.50. The van der Waals surface area contributed by atoms with Crippen LogP contribution < -0.4 is 5.56 Å². The van der Waals surface area contributed by atoms with E-state index < -0.39 is 0 Å². The predicted molar refractivity (Wildman–Crippen MR) is 126 cm³/mol. The largest absolute Gasteiger partial charge is 0.334 e. The molecule has 1 N–H and O–H groups in total. The van der Waals surface area contributed by atoms with Crippen molar-refractivity contribution >= 4 is 16.7 Å². The molecule has 2 atom stereocenters. The van der Waals surface area contributed by atoms with Crippen LogP contribution in [0.2, 0.25) is 0 Å². The minimum atomic E-state index is -0.252. The number of fused-ring (bicyclic) bond motifs is 2. The molecule has 2 fully saturated rings. The number of aromatic amines is 1. The molecule has 0 aliphatic carbocycles. The molecular formula is C26H30N4O2. The number of nitrogens with one attached hydrogen (secondary N) is 1. The minimum absolute atomic E-state index is 0.0512. The van der Waals surface area contributed by atoms with Crippen molar-refractivity contribution in [1.82, 2.24) is 20.0 Å². The zero-order valence-corrected chi connectivity index (χ0v) is 18.4. The molecular weight excluding hydrogens is 400 g/mol. The Morgan fingerprint density at radius 2 is 1.78 bits per heavy atom. The second-order valence-electron chi connectivity index (χ2n) is 9.09. The molecule has 6 heteroatoms. The fourth-order valence-electron chi connectivity index (χ4n) is 5.50. The number of rotatable bonds is 5. The summed E-state index contributed by atoms with van der Waals surface area (Å²) in [6, 6.07) is 18.2. The maximum Gasteiger partial charge on any atom is 0.275 e. The van der Waals surface area contributed by atoms with E-state index in [9.17, 15) is 9.59 Å². The van der Waals surface area contributed by atoms with Crippen LogP contribution in [0.3, 0.4) is 0 Å². The highest BCUT2D eigenvalue weighted by molar-refractivity contribution is 6.04. The predicted octanol–water partition coefficient (Wildman–Crippen LogP) is 3.48. The van der Waals surface area contributed by atoms with E-state index >= 15 is 0 Å². The monoisotopic (exact) mass is 430 g/mol. The number of piperidine rings is 2. The van der Waals surface area contributed by atoms with Gasteiger partial charge in [-0.3, -0.25) is 9.59 Å². The maximum absolute atomic E-state index is 13.5. The number of amides is 1. The lowest BCUT2D eigenvalue weighted by Crippen LogP contribution is -2.56. The van der Waals surface area contributed by atoms with Gasteiger partial charge < -0.3 is 9.80 Å². The van der Waals surface area contributed by atoms with Crippen LogP contribution in [-0.4, -0.2) is 58.1 Å². The molecule has 3 heterocycles. The number of aryl methyl sites for hydroxylation is 1. The third kappa shape index (κ3) is 4.19. The minimum Gasteiger partial charge on any atom is -0.334 e. The van der Waals surface area contributed by atoms with Crippen molar-refractivity contribution < 1.29 is 4.79 Å². The Morgan fingerprint density at radius 3 is 2.62 bits per heavy atom. The third-order valence-electron chi connectivity index (χ3n) is 7.09. The zero-order valence-electron chi connectivity index (χ0n) is 18.4. The van der Waals surface area contributed by atoms with Crippen molar-refractivity contribution in [2.75, 3.05) is 26.2 Å². The van der Waals surface area contributed by atoms with Crippen molar-refractivity contribution in [3.63, 3.8) is 0 Å². The van der Waals surface area contributed by atoms with E-state index in [1.54, 1.807) is 6.07 Å². The lowest BCUT2D eigenvalue weighted by Gasteiger charge is -2.47. The van der Waals surface area contributed by atoms with Gasteiger partial charge in [-0.15, -0.1) is 0 Å². The Balaban J connectivity index is 1.26. The van der Waals surface area contributed by atoms with Crippen LogP contribution >= 0.6 is 0 Å². The number of aromatic nitrogens is 2. The van der Waals surface area contributed by atoms with Gasteiger partial charge in [0.25, 0.3) is 11.5 Å². The fraction of sp³-hybridized carbons (Fsp3) is 0.423. The van der Waals surface area contributed by atoms with E-state index in [0.717, 1.165) is 51.9 Å². The molecule has 166 valence electrons. The van der Waals surface area contributed by atoms with Gasteiger partial charge in [0.15, 0.2) is 5.69 Å². The van der Waals surface area contributed by atoms with Gasteiger partial charge in [0.1, 0.15) is 0 Å². The molecule has 2 aliphatic heterocycles. The normalized spacial score (nSPS) is 21.4. The number of benzene rings is 2. The van der Waals surface area contributed by atoms with Gasteiger partial charge in [-0.1, -0.05) is 48.5 Å².